The van der Waals surface area contributed by atoms with Crippen molar-refractivity contribution in [2.75, 3.05) is 12.4 Å². The lowest BCUT2D eigenvalue weighted by Gasteiger charge is -2.09. The molecule has 5 rings (SSSR count). The Hall–Kier alpha value is -4.15. The largest absolute Gasteiger partial charge is 0.493 e. The Kier molecular flexibility index (Phi) is 6.21. The zero-order valence-electron chi connectivity index (χ0n) is 19.4. The minimum atomic E-state index is -4.50. The molecule has 2 aromatic carbocycles. The van der Waals surface area contributed by atoms with Gasteiger partial charge in [0, 0.05) is 24.2 Å². The summed E-state index contributed by atoms with van der Waals surface area (Å²) < 4.78 is 47.9. The highest BCUT2D eigenvalue weighted by Gasteiger charge is 2.31. The molecule has 1 amide bonds. The van der Waals surface area contributed by atoms with Crippen molar-refractivity contribution < 1.29 is 22.7 Å². The molecule has 0 saturated carbocycles. The molecule has 0 atom stereocenters. The molecule has 0 unspecified atom stereocenters. The maximum absolute atomic E-state index is 13.1. The normalized spacial score (nSPS) is 13.7. The number of ether oxygens (including phenoxy) is 1. The van der Waals surface area contributed by atoms with Gasteiger partial charge in [0.15, 0.2) is 17.3 Å². The van der Waals surface area contributed by atoms with Gasteiger partial charge in [-0.25, -0.2) is 4.68 Å². The SMILES string of the molecule is COc1cn(-c2cccc(C(F)(F)F)c2)nc1C(=O)Nc1ccc(-c2nnc3n2CCCCC3)cc1. The van der Waals surface area contributed by atoms with Gasteiger partial charge in [-0.1, -0.05) is 12.5 Å². The second-order valence-corrected chi connectivity index (χ2v) is 8.47. The van der Waals surface area contributed by atoms with E-state index in [9.17, 15) is 18.0 Å². The number of nitrogens with one attached hydrogen (secondary N) is 1. The Balaban J connectivity index is 1.35. The summed E-state index contributed by atoms with van der Waals surface area (Å²) >= 11 is 0. The summed E-state index contributed by atoms with van der Waals surface area (Å²) in [6.45, 7) is 0.879. The minimum Gasteiger partial charge on any atom is -0.493 e. The maximum Gasteiger partial charge on any atom is 0.416 e. The predicted octanol–water partition coefficient (Wildman–Crippen LogP) is 5.14. The van der Waals surface area contributed by atoms with Crippen LogP contribution < -0.4 is 10.1 Å². The number of methoxy groups -OCH3 is 1. The smallest absolute Gasteiger partial charge is 0.416 e. The molecule has 1 aliphatic heterocycles. The Morgan fingerprint density at radius 2 is 1.86 bits per heavy atom. The average Bonchev–Trinajstić information content (AvgIpc) is 3.42. The van der Waals surface area contributed by atoms with Gasteiger partial charge in [-0.05, 0) is 55.3 Å². The Bertz CT molecular complexity index is 1390. The maximum atomic E-state index is 13.1. The molecule has 0 bridgehead atoms. The van der Waals surface area contributed by atoms with E-state index in [4.69, 9.17) is 4.74 Å². The number of carbonyl (C=O) groups excluding carboxylic acids is 1. The summed E-state index contributed by atoms with van der Waals surface area (Å²) in [6, 6.07) is 11.9. The van der Waals surface area contributed by atoms with Gasteiger partial charge in [0.05, 0.1) is 24.6 Å². The topological polar surface area (TPSA) is 86.9 Å². The molecule has 1 aliphatic rings. The highest BCUT2D eigenvalue weighted by Crippen LogP contribution is 2.31. The van der Waals surface area contributed by atoms with Crippen LogP contribution in [-0.2, 0) is 19.1 Å². The molecule has 186 valence electrons. The second-order valence-electron chi connectivity index (χ2n) is 8.47. The van der Waals surface area contributed by atoms with E-state index in [-0.39, 0.29) is 17.1 Å². The van der Waals surface area contributed by atoms with Crippen molar-refractivity contribution in [2.24, 2.45) is 0 Å². The first kappa shape index (κ1) is 23.6. The molecule has 0 fully saturated rings. The van der Waals surface area contributed by atoms with Crippen molar-refractivity contribution in [2.45, 2.75) is 38.4 Å². The fourth-order valence-electron chi connectivity index (χ4n) is 4.21. The molecule has 11 heteroatoms. The van der Waals surface area contributed by atoms with Crippen LogP contribution in [0.25, 0.3) is 17.1 Å². The number of anilines is 1. The van der Waals surface area contributed by atoms with Crippen molar-refractivity contribution in [3.05, 3.63) is 71.8 Å². The van der Waals surface area contributed by atoms with E-state index >= 15 is 0 Å². The number of fused-ring (bicyclic) bond motifs is 1. The Labute approximate surface area is 204 Å². The molecule has 2 aromatic heterocycles. The quantitative estimate of drug-likeness (QED) is 0.414. The zero-order valence-corrected chi connectivity index (χ0v) is 19.4. The summed E-state index contributed by atoms with van der Waals surface area (Å²) in [7, 11) is 1.36. The minimum absolute atomic E-state index is 0.0539. The van der Waals surface area contributed by atoms with Gasteiger partial charge in [-0.2, -0.15) is 18.3 Å². The van der Waals surface area contributed by atoms with Gasteiger partial charge in [-0.3, -0.25) is 4.79 Å². The van der Waals surface area contributed by atoms with Crippen LogP contribution >= 0.6 is 0 Å². The number of aryl methyl sites for hydroxylation is 1. The van der Waals surface area contributed by atoms with Crippen LogP contribution in [0.3, 0.4) is 0 Å². The molecule has 3 heterocycles. The van der Waals surface area contributed by atoms with Crippen LogP contribution in [-0.4, -0.2) is 37.6 Å². The van der Waals surface area contributed by atoms with Crippen molar-refractivity contribution in [1.82, 2.24) is 24.5 Å². The van der Waals surface area contributed by atoms with Crippen LogP contribution in [0.1, 0.15) is 41.1 Å². The number of nitrogens with zero attached hydrogens (tertiary/aromatic N) is 5. The lowest BCUT2D eigenvalue weighted by atomic mass is 10.2. The van der Waals surface area contributed by atoms with E-state index in [1.165, 1.54) is 36.5 Å². The van der Waals surface area contributed by atoms with E-state index in [2.05, 4.69) is 25.2 Å². The Morgan fingerprint density at radius 1 is 1.06 bits per heavy atom. The van der Waals surface area contributed by atoms with Crippen molar-refractivity contribution >= 4 is 11.6 Å². The molecule has 0 aliphatic carbocycles. The summed E-state index contributed by atoms with van der Waals surface area (Å²) in [6.07, 6.45) is 1.14. The third kappa shape index (κ3) is 4.68. The van der Waals surface area contributed by atoms with Gasteiger partial charge in [0.25, 0.3) is 5.91 Å². The van der Waals surface area contributed by atoms with Crippen LogP contribution in [0.15, 0.2) is 54.7 Å². The first-order chi connectivity index (χ1) is 17.3. The summed E-state index contributed by atoms with van der Waals surface area (Å²) in [5, 5.41) is 15.6. The van der Waals surface area contributed by atoms with Gasteiger partial charge in [0.2, 0.25) is 0 Å². The highest BCUT2D eigenvalue weighted by molar-refractivity contribution is 6.04. The fourth-order valence-corrected chi connectivity index (χ4v) is 4.21. The van der Waals surface area contributed by atoms with Gasteiger partial charge >= 0.3 is 6.18 Å². The van der Waals surface area contributed by atoms with Crippen molar-refractivity contribution in [3.63, 3.8) is 0 Å². The molecular formula is C25H23F3N6O2. The van der Waals surface area contributed by atoms with E-state index < -0.39 is 17.6 Å². The number of hydrogen-bond donors (Lipinski definition) is 1. The van der Waals surface area contributed by atoms with E-state index in [1.807, 2.05) is 12.1 Å². The van der Waals surface area contributed by atoms with Crippen LogP contribution in [0.2, 0.25) is 0 Å². The average molecular weight is 496 g/mol. The first-order valence-corrected chi connectivity index (χ1v) is 11.5. The molecule has 0 radical (unpaired) electrons. The third-order valence-corrected chi connectivity index (χ3v) is 6.06. The summed E-state index contributed by atoms with van der Waals surface area (Å²) in [5.74, 6) is 1.36. The number of halogens is 3. The molecule has 0 spiro atoms. The van der Waals surface area contributed by atoms with Gasteiger partial charge < -0.3 is 14.6 Å². The van der Waals surface area contributed by atoms with Gasteiger partial charge in [-0.15, -0.1) is 10.2 Å². The number of hydrogen-bond acceptors (Lipinski definition) is 5. The number of rotatable bonds is 5. The molecular weight excluding hydrogens is 473 g/mol. The molecule has 0 saturated heterocycles. The zero-order chi connectivity index (χ0) is 25.3. The van der Waals surface area contributed by atoms with Crippen LogP contribution in [0.4, 0.5) is 18.9 Å². The summed E-state index contributed by atoms with van der Waals surface area (Å²) in [5.41, 5.74) is 0.695. The van der Waals surface area contributed by atoms with Gasteiger partial charge in [0.1, 0.15) is 5.82 Å². The standard InChI is InChI=1S/C25H23F3N6O2/c1-36-20-15-34(19-7-5-6-17(14-19)25(26,27)28)32-22(20)24(35)29-18-11-9-16(10-12-18)23-31-30-21-8-3-2-4-13-33(21)23/h5-7,9-12,14-15H,2-4,8,13H2,1H3,(H,29,35). The molecule has 1 N–H and O–H groups in total. The predicted molar refractivity (Wildman–Crippen MR) is 126 cm³/mol. The van der Waals surface area contributed by atoms with Crippen molar-refractivity contribution in [3.8, 4) is 22.8 Å². The van der Waals surface area contributed by atoms with Crippen LogP contribution in [0.5, 0.6) is 5.75 Å². The number of alkyl halides is 3. The molecule has 8 nitrogen and oxygen atoms in total. The van der Waals surface area contributed by atoms with E-state index in [1.54, 1.807) is 12.1 Å². The van der Waals surface area contributed by atoms with E-state index in [0.717, 1.165) is 55.2 Å². The lowest BCUT2D eigenvalue weighted by Crippen LogP contribution is -2.14. The van der Waals surface area contributed by atoms with Crippen LogP contribution in [0, 0.1) is 0 Å². The highest BCUT2D eigenvalue weighted by atomic mass is 19.4. The summed E-state index contributed by atoms with van der Waals surface area (Å²) in [4.78, 5) is 12.9. The Morgan fingerprint density at radius 3 is 2.61 bits per heavy atom. The fraction of sp³-hybridized carbons (Fsp3) is 0.280. The monoisotopic (exact) mass is 496 g/mol. The van der Waals surface area contributed by atoms with E-state index in [0.29, 0.717) is 5.69 Å². The first-order valence-electron chi connectivity index (χ1n) is 11.5. The molecule has 36 heavy (non-hydrogen) atoms. The second kappa shape index (κ2) is 9.48. The number of aromatic nitrogens is 5. The number of carbonyl (C=O) groups is 1. The van der Waals surface area contributed by atoms with Crippen molar-refractivity contribution in [1.29, 1.82) is 0 Å². The third-order valence-electron chi connectivity index (χ3n) is 6.06. The number of benzene rings is 2. The molecule has 4 aromatic rings. The lowest BCUT2D eigenvalue weighted by molar-refractivity contribution is -0.137. The number of amides is 1.